The minimum atomic E-state index is 0.278. The molecular formula is C4H2NO2. The molecule has 0 spiro atoms. The third kappa shape index (κ3) is 0.652. The van der Waals surface area contributed by atoms with E-state index in [9.17, 15) is 4.79 Å². The fraction of sp³-hybridized carbons (Fsp3) is 0. The van der Waals surface area contributed by atoms with Crippen LogP contribution in [0.25, 0.3) is 0 Å². The van der Waals surface area contributed by atoms with Crippen LogP contribution in [-0.2, 0) is 0 Å². The molecule has 1 rings (SSSR count). The van der Waals surface area contributed by atoms with E-state index < -0.39 is 0 Å². The molecule has 0 amide bonds. The van der Waals surface area contributed by atoms with Crippen LogP contribution in [0, 0.1) is 6.26 Å². The lowest BCUT2D eigenvalue weighted by atomic mass is 10.5. The number of rotatable bonds is 1. The first-order chi connectivity index (χ1) is 3.43. The lowest BCUT2D eigenvalue weighted by Crippen LogP contribution is -1.72. The van der Waals surface area contributed by atoms with Gasteiger partial charge in [-0.15, -0.1) is 0 Å². The number of hydrogen-bond donors (Lipinski definition) is 0. The Hall–Kier alpha value is -1.12. The summed E-state index contributed by atoms with van der Waals surface area (Å²) >= 11 is 0. The van der Waals surface area contributed by atoms with Crippen molar-refractivity contribution in [2.24, 2.45) is 0 Å². The third-order valence-corrected chi connectivity index (χ3v) is 0.531. The molecule has 1 aromatic heterocycles. The van der Waals surface area contributed by atoms with Crippen molar-refractivity contribution in [1.82, 2.24) is 5.16 Å². The Bertz CT molecular complexity index is 145. The normalized spacial score (nSPS) is 8.57. The average molecular weight is 96.1 g/mol. The third-order valence-electron chi connectivity index (χ3n) is 0.531. The van der Waals surface area contributed by atoms with Crippen LogP contribution in [0.5, 0.6) is 0 Å². The van der Waals surface area contributed by atoms with Gasteiger partial charge in [0.1, 0.15) is 5.69 Å². The average Bonchev–Trinajstić information content (AvgIpc) is 2.14. The topological polar surface area (TPSA) is 43.1 Å². The van der Waals surface area contributed by atoms with Gasteiger partial charge in [-0.3, -0.25) is 4.79 Å². The van der Waals surface area contributed by atoms with Crippen molar-refractivity contribution in [2.75, 3.05) is 0 Å². The van der Waals surface area contributed by atoms with E-state index in [1.165, 1.54) is 6.07 Å². The van der Waals surface area contributed by atoms with Gasteiger partial charge in [-0.05, 0) is 0 Å². The number of nitrogens with zero attached hydrogens (tertiary/aromatic N) is 1. The molecule has 0 bridgehead atoms. The van der Waals surface area contributed by atoms with Gasteiger partial charge >= 0.3 is 0 Å². The predicted octanol–water partition coefficient (Wildman–Crippen LogP) is 0.287. The molecule has 1 heterocycles. The van der Waals surface area contributed by atoms with Gasteiger partial charge in [0.2, 0.25) is 6.26 Å². The van der Waals surface area contributed by atoms with E-state index in [1.807, 2.05) is 0 Å². The standard InChI is InChI=1S/C4H2NO2/c6-3-4-1-2-7-5-4/h1,3H. The first kappa shape index (κ1) is 4.05. The van der Waals surface area contributed by atoms with E-state index in [0.29, 0.717) is 6.29 Å². The number of carbonyl (C=O) groups is 1. The molecule has 1 aromatic rings. The van der Waals surface area contributed by atoms with Crippen LogP contribution >= 0.6 is 0 Å². The first-order valence-corrected chi connectivity index (χ1v) is 1.71. The Morgan fingerprint density at radius 2 is 2.86 bits per heavy atom. The summed E-state index contributed by atoms with van der Waals surface area (Å²) in [6, 6.07) is 1.37. The van der Waals surface area contributed by atoms with Crippen molar-refractivity contribution >= 4 is 6.29 Å². The van der Waals surface area contributed by atoms with Gasteiger partial charge < -0.3 is 4.52 Å². The Morgan fingerprint density at radius 1 is 2.00 bits per heavy atom. The van der Waals surface area contributed by atoms with Crippen molar-refractivity contribution < 1.29 is 9.32 Å². The molecule has 7 heavy (non-hydrogen) atoms. The van der Waals surface area contributed by atoms with Gasteiger partial charge in [-0.2, -0.15) is 0 Å². The van der Waals surface area contributed by atoms with Gasteiger partial charge in [0.05, 0.1) is 0 Å². The van der Waals surface area contributed by atoms with Crippen LogP contribution in [0.2, 0.25) is 0 Å². The van der Waals surface area contributed by atoms with Crippen molar-refractivity contribution in [3.05, 3.63) is 18.0 Å². The molecule has 0 unspecified atom stereocenters. The predicted molar refractivity (Wildman–Crippen MR) is 20.7 cm³/mol. The Labute approximate surface area is 39.9 Å². The summed E-state index contributed by atoms with van der Waals surface area (Å²) in [5.74, 6) is 0. The summed E-state index contributed by atoms with van der Waals surface area (Å²) < 4.78 is 4.20. The van der Waals surface area contributed by atoms with Gasteiger partial charge in [-0.1, -0.05) is 5.16 Å². The molecule has 3 nitrogen and oxygen atoms in total. The zero-order chi connectivity index (χ0) is 5.11. The molecule has 0 saturated heterocycles. The molecule has 1 radical (unpaired) electrons. The molecule has 0 fully saturated rings. The fourth-order valence-corrected chi connectivity index (χ4v) is 0.248. The minimum Gasteiger partial charge on any atom is -0.352 e. The first-order valence-electron chi connectivity index (χ1n) is 1.71. The maximum atomic E-state index is 9.73. The summed E-state index contributed by atoms with van der Waals surface area (Å²) in [5.41, 5.74) is 0.278. The summed E-state index contributed by atoms with van der Waals surface area (Å²) in [6.45, 7) is 0. The van der Waals surface area contributed by atoms with E-state index in [-0.39, 0.29) is 5.69 Å². The van der Waals surface area contributed by atoms with Gasteiger partial charge in [-0.25, -0.2) is 0 Å². The number of aromatic nitrogens is 1. The van der Waals surface area contributed by atoms with Crippen molar-refractivity contribution in [2.45, 2.75) is 0 Å². The van der Waals surface area contributed by atoms with Gasteiger partial charge in [0.25, 0.3) is 0 Å². The molecule has 0 aliphatic rings. The summed E-state index contributed by atoms with van der Waals surface area (Å²) in [6.07, 6.45) is 2.86. The van der Waals surface area contributed by atoms with Crippen LogP contribution in [0.4, 0.5) is 0 Å². The monoisotopic (exact) mass is 96.0 g/mol. The highest BCUT2D eigenvalue weighted by molar-refractivity contribution is 5.70. The Morgan fingerprint density at radius 3 is 3.14 bits per heavy atom. The van der Waals surface area contributed by atoms with Crippen LogP contribution in [0.1, 0.15) is 10.5 Å². The molecule has 35 valence electrons. The zero-order valence-electron chi connectivity index (χ0n) is 3.42. The van der Waals surface area contributed by atoms with Crippen molar-refractivity contribution in [3.63, 3.8) is 0 Å². The number of hydrogen-bond acceptors (Lipinski definition) is 3. The number of carbonyl (C=O) groups excluding carboxylic acids is 1. The van der Waals surface area contributed by atoms with Gasteiger partial charge in [0, 0.05) is 6.07 Å². The van der Waals surface area contributed by atoms with E-state index in [0.717, 1.165) is 0 Å². The molecule has 0 saturated carbocycles. The molecule has 0 aliphatic heterocycles. The lowest BCUT2D eigenvalue weighted by Gasteiger charge is -1.62. The van der Waals surface area contributed by atoms with E-state index in [1.54, 1.807) is 0 Å². The lowest BCUT2D eigenvalue weighted by molar-refractivity contribution is 0.111. The van der Waals surface area contributed by atoms with Crippen LogP contribution in [-0.4, -0.2) is 11.4 Å². The fourth-order valence-electron chi connectivity index (χ4n) is 0.248. The summed E-state index contributed by atoms with van der Waals surface area (Å²) in [4.78, 5) is 9.73. The van der Waals surface area contributed by atoms with Crippen molar-refractivity contribution in [3.8, 4) is 0 Å². The Kier molecular flexibility index (Phi) is 0.898. The second-order valence-electron chi connectivity index (χ2n) is 0.987. The second kappa shape index (κ2) is 1.55. The molecule has 0 aromatic carbocycles. The maximum absolute atomic E-state index is 9.73. The summed E-state index contributed by atoms with van der Waals surface area (Å²) in [5, 5.41) is 3.24. The molecule has 0 N–H and O–H groups in total. The molecule has 0 atom stereocenters. The van der Waals surface area contributed by atoms with Crippen LogP contribution in [0.3, 0.4) is 0 Å². The van der Waals surface area contributed by atoms with Crippen molar-refractivity contribution in [1.29, 1.82) is 0 Å². The highest BCUT2D eigenvalue weighted by atomic mass is 16.5. The summed E-state index contributed by atoms with van der Waals surface area (Å²) in [7, 11) is 0. The molecule has 0 aliphatic carbocycles. The van der Waals surface area contributed by atoms with E-state index in [4.69, 9.17) is 0 Å². The number of aldehydes is 1. The highest BCUT2D eigenvalue weighted by Crippen LogP contribution is 1.84. The Balaban J connectivity index is 2.96. The van der Waals surface area contributed by atoms with E-state index in [2.05, 4.69) is 15.9 Å². The SMILES string of the molecule is O=Cc1c[c]on1. The zero-order valence-corrected chi connectivity index (χ0v) is 3.42. The van der Waals surface area contributed by atoms with Crippen LogP contribution in [0.15, 0.2) is 10.6 Å². The minimum absolute atomic E-state index is 0.278. The second-order valence-corrected chi connectivity index (χ2v) is 0.987. The molecule has 3 heteroatoms. The largest absolute Gasteiger partial charge is 0.352 e. The maximum Gasteiger partial charge on any atom is 0.205 e. The van der Waals surface area contributed by atoms with Crippen LogP contribution < -0.4 is 0 Å². The van der Waals surface area contributed by atoms with E-state index >= 15 is 0 Å². The highest BCUT2D eigenvalue weighted by Gasteiger charge is 1.87. The van der Waals surface area contributed by atoms with Gasteiger partial charge in [0.15, 0.2) is 6.29 Å². The molecular weight excluding hydrogens is 94.0 g/mol. The smallest absolute Gasteiger partial charge is 0.205 e. The quantitative estimate of drug-likeness (QED) is 0.472.